The summed E-state index contributed by atoms with van der Waals surface area (Å²) in [6, 6.07) is 6.30. The van der Waals surface area contributed by atoms with E-state index in [-0.39, 0.29) is 5.91 Å². The van der Waals surface area contributed by atoms with Gasteiger partial charge < -0.3 is 14.8 Å². The van der Waals surface area contributed by atoms with Crippen LogP contribution >= 0.6 is 0 Å². The molecule has 0 aliphatic carbocycles. The minimum Gasteiger partial charge on any atom is -0.344 e. The van der Waals surface area contributed by atoms with Gasteiger partial charge in [0.25, 0.3) is 5.91 Å². The summed E-state index contributed by atoms with van der Waals surface area (Å²) < 4.78 is 2.42. The van der Waals surface area contributed by atoms with Crippen LogP contribution in [0.5, 0.6) is 0 Å². The van der Waals surface area contributed by atoms with Crippen LogP contribution in [0.3, 0.4) is 0 Å². The molecular weight excluding hydrogens is 298 g/mol. The van der Waals surface area contributed by atoms with E-state index in [1.54, 1.807) is 0 Å². The van der Waals surface area contributed by atoms with Crippen molar-refractivity contribution in [3.05, 3.63) is 35.0 Å². The van der Waals surface area contributed by atoms with Gasteiger partial charge in [0, 0.05) is 61.3 Å². The maximum atomic E-state index is 12.9. The molecule has 1 saturated heterocycles. The van der Waals surface area contributed by atoms with Crippen LogP contribution < -0.4 is 5.32 Å². The third-order valence-corrected chi connectivity index (χ3v) is 5.76. The van der Waals surface area contributed by atoms with Crippen LogP contribution in [0.2, 0.25) is 0 Å². The summed E-state index contributed by atoms with van der Waals surface area (Å²) in [4.78, 5) is 14.9. The van der Waals surface area contributed by atoms with E-state index in [4.69, 9.17) is 0 Å². The number of amides is 1. The van der Waals surface area contributed by atoms with Crippen LogP contribution in [-0.4, -0.2) is 35.0 Å². The maximum absolute atomic E-state index is 12.9. The topological polar surface area (TPSA) is 37.3 Å². The van der Waals surface area contributed by atoms with Crippen LogP contribution in [0, 0.1) is 5.92 Å². The molecule has 2 aromatic rings. The van der Waals surface area contributed by atoms with E-state index in [0.29, 0.717) is 0 Å². The van der Waals surface area contributed by atoms with Gasteiger partial charge in [-0.15, -0.1) is 0 Å². The first-order valence-electron chi connectivity index (χ1n) is 9.33. The normalized spacial score (nSPS) is 18.8. The van der Waals surface area contributed by atoms with Crippen LogP contribution in [0.4, 0.5) is 0 Å². The minimum absolute atomic E-state index is 0.200. The molecule has 1 N–H and O–H groups in total. The number of aromatic nitrogens is 1. The summed E-state index contributed by atoms with van der Waals surface area (Å²) in [6.45, 7) is 9.22. The van der Waals surface area contributed by atoms with Gasteiger partial charge in [-0.25, -0.2) is 0 Å². The van der Waals surface area contributed by atoms with E-state index in [9.17, 15) is 4.79 Å². The molecule has 0 saturated carbocycles. The van der Waals surface area contributed by atoms with Crippen LogP contribution in [0.25, 0.3) is 10.9 Å². The van der Waals surface area contributed by atoms with Crippen LogP contribution in [0.1, 0.15) is 48.3 Å². The number of fused-ring (bicyclic) bond motifs is 3. The van der Waals surface area contributed by atoms with Gasteiger partial charge in [0.15, 0.2) is 0 Å². The second-order valence-electron chi connectivity index (χ2n) is 7.30. The fourth-order valence-corrected chi connectivity index (χ4v) is 4.27. The quantitative estimate of drug-likeness (QED) is 0.921. The van der Waals surface area contributed by atoms with Gasteiger partial charge in [0.05, 0.1) is 0 Å². The summed E-state index contributed by atoms with van der Waals surface area (Å²) in [5, 5.41) is 4.74. The van der Waals surface area contributed by atoms with E-state index in [1.807, 2.05) is 11.0 Å². The molecule has 1 amide bonds. The number of carbonyl (C=O) groups is 1. The van der Waals surface area contributed by atoms with Gasteiger partial charge in [-0.1, -0.05) is 6.92 Å². The van der Waals surface area contributed by atoms with E-state index in [2.05, 4.69) is 35.9 Å². The second kappa shape index (κ2) is 6.25. The molecular formula is C20H27N3O. The van der Waals surface area contributed by atoms with Crippen molar-refractivity contribution in [2.45, 2.75) is 46.2 Å². The molecule has 0 atom stereocenters. The summed E-state index contributed by atoms with van der Waals surface area (Å²) in [5.74, 6) is 0.943. The van der Waals surface area contributed by atoms with Crippen molar-refractivity contribution >= 4 is 16.8 Å². The van der Waals surface area contributed by atoms with Crippen molar-refractivity contribution in [3.8, 4) is 0 Å². The van der Waals surface area contributed by atoms with Gasteiger partial charge >= 0.3 is 0 Å². The molecule has 24 heavy (non-hydrogen) atoms. The molecule has 2 aliphatic heterocycles. The molecule has 0 radical (unpaired) electrons. The monoisotopic (exact) mass is 325 g/mol. The fraction of sp³-hybridized carbons (Fsp3) is 0.550. The Kier molecular flexibility index (Phi) is 4.09. The molecule has 4 heteroatoms. The Balaban J connectivity index is 1.71. The van der Waals surface area contributed by atoms with Gasteiger partial charge in [-0.3, -0.25) is 4.79 Å². The standard InChI is InChI=1S/C20H27N3O/c1-3-23-18-5-4-15(20(24)22-10-7-14(2)8-11-22)12-16(18)17-13-21-9-6-19(17)23/h4-5,12,14,21H,3,6-11,13H2,1-2H3. The largest absolute Gasteiger partial charge is 0.344 e. The Hall–Kier alpha value is -1.81. The first-order chi connectivity index (χ1) is 11.7. The number of hydrogen-bond acceptors (Lipinski definition) is 2. The number of aryl methyl sites for hydroxylation is 1. The van der Waals surface area contributed by atoms with Crippen molar-refractivity contribution in [3.63, 3.8) is 0 Å². The van der Waals surface area contributed by atoms with Crippen molar-refractivity contribution < 1.29 is 4.79 Å². The third kappa shape index (κ3) is 2.53. The van der Waals surface area contributed by atoms with E-state index in [0.717, 1.165) is 63.5 Å². The molecule has 1 aromatic heterocycles. The summed E-state index contributed by atoms with van der Waals surface area (Å²) >= 11 is 0. The highest BCUT2D eigenvalue weighted by molar-refractivity contribution is 5.99. The molecule has 1 fully saturated rings. The molecule has 1 aromatic carbocycles. The van der Waals surface area contributed by atoms with E-state index >= 15 is 0 Å². The van der Waals surface area contributed by atoms with Crippen LogP contribution in [-0.2, 0) is 19.5 Å². The predicted molar refractivity (Wildman–Crippen MR) is 97.3 cm³/mol. The zero-order valence-electron chi connectivity index (χ0n) is 14.8. The number of benzene rings is 1. The Morgan fingerprint density at radius 1 is 1.29 bits per heavy atom. The van der Waals surface area contributed by atoms with Gasteiger partial charge in [0.1, 0.15) is 0 Å². The number of nitrogens with one attached hydrogen (secondary N) is 1. The second-order valence-corrected chi connectivity index (χ2v) is 7.30. The summed E-state index contributed by atoms with van der Waals surface area (Å²) in [5.41, 5.74) is 4.95. The smallest absolute Gasteiger partial charge is 0.253 e. The molecule has 128 valence electrons. The van der Waals surface area contributed by atoms with E-state index in [1.165, 1.54) is 22.2 Å². The lowest BCUT2D eigenvalue weighted by Crippen LogP contribution is -2.37. The minimum atomic E-state index is 0.200. The van der Waals surface area contributed by atoms with Crippen molar-refractivity contribution in [1.29, 1.82) is 0 Å². The molecule has 4 nitrogen and oxygen atoms in total. The molecule has 3 heterocycles. The first-order valence-corrected chi connectivity index (χ1v) is 9.33. The highest BCUT2D eigenvalue weighted by atomic mass is 16.2. The average Bonchev–Trinajstić information content (AvgIpc) is 2.95. The molecule has 0 spiro atoms. The lowest BCUT2D eigenvalue weighted by Gasteiger charge is -2.30. The third-order valence-electron chi connectivity index (χ3n) is 5.76. The Morgan fingerprint density at radius 3 is 2.83 bits per heavy atom. The Labute approximate surface area is 143 Å². The number of rotatable bonds is 2. The average molecular weight is 325 g/mol. The van der Waals surface area contributed by atoms with Gasteiger partial charge in [-0.05, 0) is 49.4 Å². The zero-order valence-corrected chi connectivity index (χ0v) is 14.8. The number of nitrogens with zero attached hydrogens (tertiary/aromatic N) is 2. The lowest BCUT2D eigenvalue weighted by molar-refractivity contribution is 0.0697. The summed E-state index contributed by atoms with van der Waals surface area (Å²) in [6.07, 6.45) is 3.32. The molecule has 4 rings (SSSR count). The highest BCUT2D eigenvalue weighted by Gasteiger charge is 2.24. The van der Waals surface area contributed by atoms with Gasteiger partial charge in [-0.2, -0.15) is 0 Å². The number of carbonyl (C=O) groups excluding carboxylic acids is 1. The number of hydrogen-bond donors (Lipinski definition) is 1. The first kappa shape index (κ1) is 15.7. The number of likely N-dealkylation sites (tertiary alicyclic amines) is 1. The SMILES string of the molecule is CCn1c2c(c3cc(C(=O)N4CCC(C)CC4)ccc31)CNCC2. The van der Waals surface area contributed by atoms with E-state index < -0.39 is 0 Å². The maximum Gasteiger partial charge on any atom is 0.253 e. The van der Waals surface area contributed by atoms with Crippen molar-refractivity contribution in [2.24, 2.45) is 5.92 Å². The molecule has 0 bridgehead atoms. The predicted octanol–water partition coefficient (Wildman–Crippen LogP) is 3.18. The van der Waals surface area contributed by atoms with Crippen molar-refractivity contribution in [2.75, 3.05) is 19.6 Å². The zero-order chi connectivity index (χ0) is 16.7. The summed E-state index contributed by atoms with van der Waals surface area (Å²) in [7, 11) is 0. The molecule has 0 unspecified atom stereocenters. The number of piperidine rings is 1. The Bertz CT molecular complexity index is 769. The van der Waals surface area contributed by atoms with Gasteiger partial charge in [0.2, 0.25) is 0 Å². The lowest BCUT2D eigenvalue weighted by atomic mass is 9.98. The Morgan fingerprint density at radius 2 is 2.08 bits per heavy atom. The van der Waals surface area contributed by atoms with Crippen LogP contribution in [0.15, 0.2) is 18.2 Å². The fourth-order valence-electron chi connectivity index (χ4n) is 4.27. The van der Waals surface area contributed by atoms with Crippen molar-refractivity contribution in [1.82, 2.24) is 14.8 Å². The highest BCUT2D eigenvalue weighted by Crippen LogP contribution is 2.30. The molecule has 2 aliphatic rings.